The molecule has 6 aliphatic rings. The largest absolute Gasteiger partial charge is 0.481 e. The Labute approximate surface area is 239 Å². The van der Waals surface area contributed by atoms with E-state index in [1.807, 2.05) is 16.7 Å². The number of amides is 2. The highest BCUT2D eigenvalue weighted by molar-refractivity contribution is 5.88. The molecule has 0 aromatic carbocycles. The van der Waals surface area contributed by atoms with Gasteiger partial charge in [0.25, 0.3) is 0 Å². The monoisotopic (exact) mass is 554 g/mol. The molecule has 9 atom stereocenters. The van der Waals surface area contributed by atoms with Crippen LogP contribution in [-0.4, -0.2) is 64.7 Å². The lowest BCUT2D eigenvalue weighted by atomic mass is 9.40. The smallest absolute Gasteiger partial charge is 0.307 e. The van der Waals surface area contributed by atoms with Crippen molar-refractivity contribution in [2.24, 2.45) is 51.2 Å². The van der Waals surface area contributed by atoms with Crippen molar-refractivity contribution < 1.29 is 24.3 Å². The predicted octanol–water partition coefficient (Wildman–Crippen LogP) is 5.17. The van der Waals surface area contributed by atoms with E-state index >= 15 is 0 Å². The molecule has 1 saturated heterocycles. The molecule has 2 amide bonds. The van der Waals surface area contributed by atoms with Gasteiger partial charge in [0, 0.05) is 43.4 Å². The molecule has 7 nitrogen and oxygen atoms in total. The summed E-state index contributed by atoms with van der Waals surface area (Å²) in [4.78, 5) is 56.7. The number of fused-ring (bicyclic) bond motifs is 3. The molecule has 2 bridgehead atoms. The van der Waals surface area contributed by atoms with Crippen molar-refractivity contribution in [2.75, 3.05) is 26.2 Å². The molecular weight excluding hydrogens is 504 g/mol. The van der Waals surface area contributed by atoms with Gasteiger partial charge in [-0.15, -0.1) is 0 Å². The molecule has 222 valence electrons. The minimum absolute atomic E-state index is 0.0314. The second kappa shape index (κ2) is 9.55. The molecule has 1 spiro atoms. The van der Waals surface area contributed by atoms with Gasteiger partial charge in [-0.3, -0.25) is 19.2 Å². The fourth-order valence-electron chi connectivity index (χ4n) is 11.6. The Kier molecular flexibility index (Phi) is 6.74. The maximum absolute atomic E-state index is 14.4. The Morgan fingerprint density at radius 1 is 0.825 bits per heavy atom. The number of piperazine rings is 1. The Morgan fingerprint density at radius 3 is 2.20 bits per heavy atom. The van der Waals surface area contributed by atoms with Gasteiger partial charge in [0.2, 0.25) is 11.8 Å². The Hall–Kier alpha value is -1.92. The number of Topliss-reactive ketones (excluding diaryl/α,β-unsaturated/α-hetero) is 1. The van der Waals surface area contributed by atoms with Gasteiger partial charge in [0.15, 0.2) is 0 Å². The first-order chi connectivity index (χ1) is 18.8. The molecule has 40 heavy (non-hydrogen) atoms. The highest BCUT2D eigenvalue weighted by atomic mass is 16.4. The second-order valence-corrected chi connectivity index (χ2v) is 15.7. The summed E-state index contributed by atoms with van der Waals surface area (Å²) in [5, 5.41) is 9.77. The van der Waals surface area contributed by atoms with Crippen LogP contribution in [0.4, 0.5) is 0 Å². The molecule has 0 aromatic heterocycles. The van der Waals surface area contributed by atoms with Gasteiger partial charge in [-0.2, -0.15) is 0 Å². The summed E-state index contributed by atoms with van der Waals surface area (Å²) in [6.07, 6.45) is 11.5. The molecule has 1 aliphatic heterocycles. The van der Waals surface area contributed by atoms with Crippen LogP contribution in [0.1, 0.15) is 105 Å². The van der Waals surface area contributed by atoms with Gasteiger partial charge in [-0.1, -0.05) is 40.5 Å². The number of carbonyl (C=O) groups is 4. The molecule has 5 saturated carbocycles. The van der Waals surface area contributed by atoms with E-state index in [4.69, 9.17) is 0 Å². The molecule has 6 rings (SSSR count). The van der Waals surface area contributed by atoms with Crippen LogP contribution in [0, 0.1) is 51.2 Å². The van der Waals surface area contributed by atoms with Gasteiger partial charge in [0.05, 0.1) is 11.8 Å². The zero-order valence-electron chi connectivity index (χ0n) is 25.2. The molecular formula is C33H50N2O5. The average Bonchev–Trinajstić information content (AvgIpc) is 3.10. The van der Waals surface area contributed by atoms with Crippen molar-refractivity contribution in [2.45, 2.75) is 105 Å². The summed E-state index contributed by atoms with van der Waals surface area (Å²) in [7, 11) is 0. The normalized spacial score (nSPS) is 46.9. The lowest BCUT2D eigenvalue weighted by Crippen LogP contribution is -2.62. The molecule has 0 aromatic rings. The molecule has 1 N–H and O–H groups in total. The Bertz CT molecular complexity index is 1100. The van der Waals surface area contributed by atoms with E-state index in [1.165, 1.54) is 0 Å². The lowest BCUT2D eigenvalue weighted by molar-refractivity contribution is -0.179. The van der Waals surface area contributed by atoms with Gasteiger partial charge in [0.1, 0.15) is 5.78 Å². The summed E-state index contributed by atoms with van der Waals surface area (Å²) < 4.78 is 0. The van der Waals surface area contributed by atoms with E-state index in [2.05, 4.69) is 20.8 Å². The molecule has 1 heterocycles. The molecule has 0 radical (unpaired) electrons. The second-order valence-electron chi connectivity index (χ2n) is 15.7. The number of rotatable bonds is 3. The van der Waals surface area contributed by atoms with Gasteiger partial charge in [-0.05, 0) is 86.4 Å². The summed E-state index contributed by atoms with van der Waals surface area (Å²) in [6.45, 7) is 10.9. The first kappa shape index (κ1) is 28.2. The first-order valence-electron chi connectivity index (χ1n) is 16.2. The number of carboxylic acid groups (broad SMARTS) is 1. The van der Waals surface area contributed by atoms with Crippen molar-refractivity contribution in [3.05, 3.63) is 0 Å². The van der Waals surface area contributed by atoms with Crippen molar-refractivity contribution in [3.8, 4) is 0 Å². The van der Waals surface area contributed by atoms with Gasteiger partial charge < -0.3 is 14.9 Å². The number of hydrogen-bond acceptors (Lipinski definition) is 4. The highest BCUT2D eigenvalue weighted by Crippen LogP contribution is 2.73. The Balaban J connectivity index is 1.16. The maximum atomic E-state index is 14.4. The molecule has 3 unspecified atom stereocenters. The number of carboxylic acids is 1. The number of carbonyl (C=O) groups excluding carboxylic acids is 3. The number of aliphatic carboxylic acids is 1. The van der Waals surface area contributed by atoms with Crippen LogP contribution in [0.15, 0.2) is 0 Å². The summed E-state index contributed by atoms with van der Waals surface area (Å²) >= 11 is 0. The summed E-state index contributed by atoms with van der Waals surface area (Å²) in [5.41, 5.74) is -0.290. The van der Waals surface area contributed by atoms with Crippen LogP contribution < -0.4 is 0 Å². The van der Waals surface area contributed by atoms with E-state index in [-0.39, 0.29) is 34.0 Å². The van der Waals surface area contributed by atoms with Crippen LogP contribution in [0.2, 0.25) is 0 Å². The van der Waals surface area contributed by atoms with E-state index in [0.29, 0.717) is 50.2 Å². The number of hydrogen-bond donors (Lipinski definition) is 1. The summed E-state index contributed by atoms with van der Waals surface area (Å²) in [5.74, 6) is -0.280. The van der Waals surface area contributed by atoms with Crippen molar-refractivity contribution in [1.82, 2.24) is 9.80 Å². The zero-order chi connectivity index (χ0) is 28.7. The first-order valence-corrected chi connectivity index (χ1v) is 16.2. The van der Waals surface area contributed by atoms with Crippen LogP contribution in [0.3, 0.4) is 0 Å². The third kappa shape index (κ3) is 4.02. The SMILES string of the molecule is CC1CCCC(C(=O)O)C1C(=O)N1CCN(C(=O)[C@]2(C)CCC[C@@]3(C)[C@@H]4CC[C@@]5(C)C[C@]4(CC[C@@H]32)CC5=O)CC1. The fraction of sp³-hybridized carbons (Fsp3) is 0.879. The number of nitrogens with zero attached hydrogens (tertiary/aromatic N) is 2. The topological polar surface area (TPSA) is 95.0 Å². The fourth-order valence-corrected chi connectivity index (χ4v) is 11.6. The molecule has 6 fully saturated rings. The van der Waals surface area contributed by atoms with Gasteiger partial charge >= 0.3 is 5.97 Å². The Morgan fingerprint density at radius 2 is 1.50 bits per heavy atom. The highest BCUT2D eigenvalue weighted by Gasteiger charge is 2.68. The van der Waals surface area contributed by atoms with E-state index in [1.54, 1.807) is 0 Å². The van der Waals surface area contributed by atoms with Crippen LogP contribution in [-0.2, 0) is 19.2 Å². The molecule has 7 heteroatoms. The third-order valence-corrected chi connectivity index (χ3v) is 13.5. The van der Waals surface area contributed by atoms with Crippen molar-refractivity contribution in [1.29, 1.82) is 0 Å². The van der Waals surface area contributed by atoms with Crippen molar-refractivity contribution in [3.63, 3.8) is 0 Å². The molecule has 5 aliphatic carbocycles. The quantitative estimate of drug-likeness (QED) is 0.520. The van der Waals surface area contributed by atoms with E-state index < -0.39 is 23.2 Å². The van der Waals surface area contributed by atoms with E-state index in [9.17, 15) is 24.3 Å². The van der Waals surface area contributed by atoms with Crippen LogP contribution in [0.25, 0.3) is 0 Å². The van der Waals surface area contributed by atoms with Crippen LogP contribution in [0.5, 0.6) is 0 Å². The predicted molar refractivity (Wildman–Crippen MR) is 151 cm³/mol. The van der Waals surface area contributed by atoms with E-state index in [0.717, 1.165) is 70.6 Å². The maximum Gasteiger partial charge on any atom is 0.307 e. The summed E-state index contributed by atoms with van der Waals surface area (Å²) in [6, 6.07) is 0. The zero-order valence-corrected chi connectivity index (χ0v) is 25.2. The average molecular weight is 555 g/mol. The standard InChI is InChI=1S/C33H50N2O5/c1-21-7-5-8-22(28(38)39)26(21)27(37)34-15-17-35(18-16-34)29(40)32(4)12-6-11-31(3)23(32)10-14-33-19-25(36)30(2,20-33)13-9-24(31)33/h21-24,26H,5-20H2,1-4H3,(H,38,39)/t21?,22?,23-,24-,26?,30-,31+,32+,33-/m0/s1. The number of ketones is 1. The van der Waals surface area contributed by atoms with Crippen molar-refractivity contribution >= 4 is 23.6 Å². The van der Waals surface area contributed by atoms with Crippen LogP contribution >= 0.6 is 0 Å². The minimum atomic E-state index is -0.856. The lowest BCUT2D eigenvalue weighted by Gasteiger charge is -2.64. The van der Waals surface area contributed by atoms with Gasteiger partial charge in [-0.25, -0.2) is 0 Å². The third-order valence-electron chi connectivity index (χ3n) is 13.5. The minimum Gasteiger partial charge on any atom is -0.481 e.